The summed E-state index contributed by atoms with van der Waals surface area (Å²) in [5.74, 6) is -0.983. The van der Waals surface area contributed by atoms with Crippen LogP contribution in [-0.2, 0) is 4.79 Å². The zero-order chi connectivity index (χ0) is 24.5. The number of benzene rings is 4. The number of amides is 1. The highest BCUT2D eigenvalue weighted by molar-refractivity contribution is 6.03. The van der Waals surface area contributed by atoms with Gasteiger partial charge in [0.25, 0.3) is 0 Å². The minimum Gasteiger partial charge on any atom is -0.508 e. The van der Waals surface area contributed by atoms with Gasteiger partial charge in [-0.25, -0.2) is 4.39 Å². The second kappa shape index (κ2) is 9.24. The van der Waals surface area contributed by atoms with Gasteiger partial charge in [-0.15, -0.1) is 0 Å². The van der Waals surface area contributed by atoms with Crippen molar-refractivity contribution in [3.63, 3.8) is 0 Å². The minimum absolute atomic E-state index is 0.0190. The van der Waals surface area contributed by atoms with E-state index in [-0.39, 0.29) is 23.8 Å². The molecule has 0 bridgehead atoms. The van der Waals surface area contributed by atoms with Gasteiger partial charge in [-0.3, -0.25) is 4.79 Å². The number of carbonyl (C=O) groups excluding carboxylic acids is 1. The third-order valence-corrected chi connectivity index (χ3v) is 6.51. The van der Waals surface area contributed by atoms with E-state index >= 15 is 0 Å². The van der Waals surface area contributed by atoms with E-state index in [0.717, 1.165) is 11.1 Å². The SMILES string of the molecule is O=C1[C@H](C[C@@H](O)c2ccc(F)cc2)[C@@H](c2ccc(-c3cccc(O)c3)cc2O)N1c1ccccc1. The smallest absolute Gasteiger partial charge is 0.233 e. The van der Waals surface area contributed by atoms with Crippen LogP contribution in [0.15, 0.2) is 97.1 Å². The molecule has 35 heavy (non-hydrogen) atoms. The fourth-order valence-electron chi connectivity index (χ4n) is 4.73. The maximum Gasteiger partial charge on any atom is 0.233 e. The molecule has 1 aliphatic heterocycles. The molecule has 1 saturated heterocycles. The summed E-state index contributed by atoms with van der Waals surface area (Å²) >= 11 is 0. The summed E-state index contributed by atoms with van der Waals surface area (Å²) in [7, 11) is 0. The van der Waals surface area contributed by atoms with Crippen molar-refractivity contribution >= 4 is 11.6 Å². The molecule has 1 amide bonds. The van der Waals surface area contributed by atoms with Gasteiger partial charge in [0.05, 0.1) is 18.1 Å². The topological polar surface area (TPSA) is 81.0 Å². The molecule has 0 radical (unpaired) electrons. The Morgan fingerprint density at radius 2 is 1.54 bits per heavy atom. The van der Waals surface area contributed by atoms with Crippen molar-refractivity contribution in [1.82, 2.24) is 0 Å². The van der Waals surface area contributed by atoms with Crippen molar-refractivity contribution in [2.75, 3.05) is 4.90 Å². The standard InChI is InChI=1S/C29H24FNO4/c30-21-12-9-18(10-13-21)26(33)17-25-28(31(29(25)35)22-6-2-1-3-7-22)24-14-11-20(16-27(24)34)19-5-4-8-23(32)15-19/h1-16,25-26,28,32-34H,17H2/t25-,26-,28-/m1/s1. The van der Waals surface area contributed by atoms with Crippen molar-refractivity contribution in [3.8, 4) is 22.6 Å². The maximum absolute atomic E-state index is 13.3. The first-order chi connectivity index (χ1) is 16.9. The molecule has 0 aromatic heterocycles. The molecule has 1 aliphatic rings. The lowest BCUT2D eigenvalue weighted by Crippen LogP contribution is -2.55. The summed E-state index contributed by atoms with van der Waals surface area (Å²) in [6.45, 7) is 0. The van der Waals surface area contributed by atoms with E-state index in [9.17, 15) is 24.5 Å². The van der Waals surface area contributed by atoms with Crippen molar-refractivity contribution in [3.05, 3.63) is 114 Å². The molecule has 5 rings (SSSR count). The number of β-lactam (4-membered cyclic amide) rings is 1. The van der Waals surface area contributed by atoms with Gasteiger partial charge in [-0.1, -0.05) is 54.6 Å². The average Bonchev–Trinajstić information content (AvgIpc) is 2.87. The molecular formula is C29H24FNO4. The zero-order valence-corrected chi connectivity index (χ0v) is 18.8. The summed E-state index contributed by atoms with van der Waals surface area (Å²) in [6, 6.07) is 26.3. The summed E-state index contributed by atoms with van der Waals surface area (Å²) in [5.41, 5.74) is 3.27. The molecule has 5 nitrogen and oxygen atoms in total. The molecule has 1 fully saturated rings. The number of aliphatic hydroxyl groups is 1. The molecule has 0 saturated carbocycles. The molecule has 0 aliphatic carbocycles. The Kier molecular flexibility index (Phi) is 5.97. The predicted molar refractivity (Wildman–Crippen MR) is 131 cm³/mol. The van der Waals surface area contributed by atoms with Crippen LogP contribution in [0, 0.1) is 11.7 Å². The van der Waals surface area contributed by atoms with E-state index in [1.54, 1.807) is 35.2 Å². The molecule has 4 aromatic carbocycles. The van der Waals surface area contributed by atoms with Crippen molar-refractivity contribution in [1.29, 1.82) is 0 Å². The Morgan fingerprint density at radius 1 is 0.829 bits per heavy atom. The normalized spacial score (nSPS) is 18.2. The predicted octanol–water partition coefficient (Wildman–Crippen LogP) is 5.73. The van der Waals surface area contributed by atoms with E-state index in [2.05, 4.69) is 0 Å². The van der Waals surface area contributed by atoms with Crippen LogP contribution in [-0.4, -0.2) is 21.2 Å². The number of para-hydroxylation sites is 1. The van der Waals surface area contributed by atoms with Gasteiger partial charge < -0.3 is 20.2 Å². The van der Waals surface area contributed by atoms with Gasteiger partial charge in [-0.05, 0) is 65.6 Å². The highest BCUT2D eigenvalue weighted by Gasteiger charge is 2.50. The highest BCUT2D eigenvalue weighted by Crippen LogP contribution is 2.49. The molecule has 0 spiro atoms. The molecule has 3 atom stereocenters. The Morgan fingerprint density at radius 3 is 2.23 bits per heavy atom. The molecule has 176 valence electrons. The third kappa shape index (κ3) is 4.36. The maximum atomic E-state index is 13.3. The number of phenolic OH excluding ortho intramolecular Hbond substituents is 2. The molecule has 0 unspecified atom stereocenters. The van der Waals surface area contributed by atoms with Crippen LogP contribution < -0.4 is 4.90 Å². The molecule has 3 N–H and O–H groups in total. The van der Waals surface area contributed by atoms with E-state index in [1.165, 1.54) is 24.3 Å². The summed E-state index contributed by atoms with van der Waals surface area (Å²) in [4.78, 5) is 14.9. The number of halogens is 1. The van der Waals surface area contributed by atoms with Crippen LogP contribution in [0.2, 0.25) is 0 Å². The van der Waals surface area contributed by atoms with Crippen molar-refractivity contribution in [2.24, 2.45) is 5.92 Å². The van der Waals surface area contributed by atoms with Crippen LogP contribution in [0.1, 0.15) is 29.7 Å². The Labute approximate surface area is 202 Å². The second-order valence-electron chi connectivity index (χ2n) is 8.72. The number of anilines is 1. The van der Waals surface area contributed by atoms with E-state index in [1.807, 2.05) is 42.5 Å². The van der Waals surface area contributed by atoms with Gasteiger partial charge >= 0.3 is 0 Å². The van der Waals surface area contributed by atoms with E-state index < -0.39 is 23.9 Å². The first-order valence-electron chi connectivity index (χ1n) is 11.4. The van der Waals surface area contributed by atoms with Crippen LogP contribution in [0.25, 0.3) is 11.1 Å². The van der Waals surface area contributed by atoms with Crippen LogP contribution in [0.4, 0.5) is 10.1 Å². The number of phenols is 2. The Balaban J connectivity index is 1.49. The van der Waals surface area contributed by atoms with Gasteiger partial charge in [-0.2, -0.15) is 0 Å². The summed E-state index contributed by atoms with van der Waals surface area (Å²) < 4.78 is 13.3. The minimum atomic E-state index is -0.960. The van der Waals surface area contributed by atoms with Gasteiger partial charge in [0.1, 0.15) is 17.3 Å². The number of rotatable bonds is 6. The second-order valence-corrected chi connectivity index (χ2v) is 8.72. The number of hydrogen-bond donors (Lipinski definition) is 3. The average molecular weight is 470 g/mol. The largest absolute Gasteiger partial charge is 0.508 e. The van der Waals surface area contributed by atoms with Crippen LogP contribution in [0.5, 0.6) is 11.5 Å². The molecule has 1 heterocycles. The molecule has 6 heteroatoms. The monoisotopic (exact) mass is 469 g/mol. The van der Waals surface area contributed by atoms with Crippen LogP contribution >= 0.6 is 0 Å². The lowest BCUT2D eigenvalue weighted by molar-refractivity contribution is -0.132. The molecular weight excluding hydrogens is 445 g/mol. The molecule has 4 aromatic rings. The number of aromatic hydroxyl groups is 2. The number of aliphatic hydroxyl groups excluding tert-OH is 1. The zero-order valence-electron chi connectivity index (χ0n) is 18.8. The lowest BCUT2D eigenvalue weighted by atomic mass is 9.77. The third-order valence-electron chi connectivity index (χ3n) is 6.51. The van der Waals surface area contributed by atoms with Gasteiger partial charge in [0.2, 0.25) is 5.91 Å². The van der Waals surface area contributed by atoms with E-state index in [0.29, 0.717) is 16.8 Å². The first kappa shape index (κ1) is 22.6. The highest BCUT2D eigenvalue weighted by atomic mass is 19.1. The fraction of sp³-hybridized carbons (Fsp3) is 0.138. The quantitative estimate of drug-likeness (QED) is 0.315. The summed E-state index contributed by atoms with van der Waals surface area (Å²) in [6.07, 6.45) is -0.828. The van der Waals surface area contributed by atoms with E-state index in [4.69, 9.17) is 0 Å². The van der Waals surface area contributed by atoms with Gasteiger partial charge in [0.15, 0.2) is 0 Å². The summed E-state index contributed by atoms with van der Waals surface area (Å²) in [5, 5.41) is 31.6. The number of nitrogens with zero attached hydrogens (tertiary/aromatic N) is 1. The number of hydrogen-bond acceptors (Lipinski definition) is 4. The Hall–Kier alpha value is -4.16. The fourth-order valence-corrected chi connectivity index (χ4v) is 4.73. The van der Waals surface area contributed by atoms with Crippen LogP contribution in [0.3, 0.4) is 0 Å². The van der Waals surface area contributed by atoms with Crippen molar-refractivity contribution < 1.29 is 24.5 Å². The lowest BCUT2D eigenvalue weighted by Gasteiger charge is -2.48. The van der Waals surface area contributed by atoms with Gasteiger partial charge in [0, 0.05) is 11.3 Å². The Bertz CT molecular complexity index is 1360. The first-order valence-corrected chi connectivity index (χ1v) is 11.4. The number of carbonyl (C=O) groups is 1. The van der Waals surface area contributed by atoms with Crippen molar-refractivity contribution in [2.45, 2.75) is 18.6 Å².